The highest BCUT2D eigenvalue weighted by atomic mass is 79.9. The minimum Gasteiger partial charge on any atom is -0.324 e. The van der Waals surface area contributed by atoms with Crippen LogP contribution in [0.25, 0.3) is 0 Å². The topological polar surface area (TPSA) is 26.0 Å². The Balaban J connectivity index is 2.01. The summed E-state index contributed by atoms with van der Waals surface area (Å²) in [7, 11) is 0. The fraction of sp³-hybridized carbons (Fsp3) is 0.200. The van der Waals surface area contributed by atoms with Crippen LogP contribution in [0.1, 0.15) is 23.6 Å². The van der Waals surface area contributed by atoms with E-state index in [1.807, 2.05) is 12.1 Å². The van der Waals surface area contributed by atoms with Crippen molar-refractivity contribution in [2.45, 2.75) is 18.9 Å². The highest BCUT2D eigenvalue weighted by Crippen LogP contribution is 2.25. The van der Waals surface area contributed by atoms with Crippen LogP contribution in [0, 0.1) is 0 Å². The lowest BCUT2D eigenvalue weighted by molar-refractivity contribution is 0.651. The molecule has 0 aliphatic rings. The minimum absolute atomic E-state index is 0.0685. The molecule has 3 heteroatoms. The van der Waals surface area contributed by atoms with Crippen LogP contribution in [0.4, 0.5) is 0 Å². The molecule has 18 heavy (non-hydrogen) atoms. The van der Waals surface area contributed by atoms with Crippen LogP contribution in [-0.4, -0.2) is 0 Å². The average molecular weight is 369 g/mol. The number of benzene rings is 2. The van der Waals surface area contributed by atoms with Crippen molar-refractivity contribution in [1.29, 1.82) is 0 Å². The van der Waals surface area contributed by atoms with Crippen molar-refractivity contribution in [3.8, 4) is 0 Å². The predicted octanol–water partition coefficient (Wildman–Crippen LogP) is 4.84. The van der Waals surface area contributed by atoms with Crippen LogP contribution in [0.5, 0.6) is 0 Å². The van der Waals surface area contributed by atoms with Gasteiger partial charge in [0.05, 0.1) is 0 Å². The Morgan fingerprint density at radius 1 is 0.944 bits per heavy atom. The van der Waals surface area contributed by atoms with Crippen molar-refractivity contribution in [1.82, 2.24) is 0 Å². The van der Waals surface area contributed by atoms with Crippen LogP contribution >= 0.6 is 31.9 Å². The first-order chi connectivity index (χ1) is 8.65. The summed E-state index contributed by atoms with van der Waals surface area (Å²) in [5.74, 6) is 0. The van der Waals surface area contributed by atoms with Crippen molar-refractivity contribution >= 4 is 31.9 Å². The lowest BCUT2D eigenvalue weighted by Gasteiger charge is -2.13. The largest absolute Gasteiger partial charge is 0.324 e. The summed E-state index contributed by atoms with van der Waals surface area (Å²) >= 11 is 6.98. The first kappa shape index (κ1) is 13.8. The Bertz CT molecular complexity index is 491. The summed E-state index contributed by atoms with van der Waals surface area (Å²) in [5.41, 5.74) is 8.73. The van der Waals surface area contributed by atoms with Crippen LogP contribution in [0.15, 0.2) is 57.5 Å². The summed E-state index contributed by atoms with van der Waals surface area (Å²) in [6.07, 6.45) is 1.96. The van der Waals surface area contributed by atoms with E-state index >= 15 is 0 Å². The molecule has 0 bridgehead atoms. The third-order valence-electron chi connectivity index (χ3n) is 2.90. The fourth-order valence-electron chi connectivity index (χ4n) is 1.92. The summed E-state index contributed by atoms with van der Waals surface area (Å²) in [6.45, 7) is 0. The van der Waals surface area contributed by atoms with E-state index in [9.17, 15) is 0 Å². The third kappa shape index (κ3) is 3.94. The molecule has 0 amide bonds. The van der Waals surface area contributed by atoms with E-state index in [2.05, 4.69) is 68.3 Å². The Kier molecular flexibility index (Phi) is 4.98. The van der Waals surface area contributed by atoms with Gasteiger partial charge < -0.3 is 5.73 Å². The molecule has 94 valence electrons. The van der Waals surface area contributed by atoms with Crippen molar-refractivity contribution in [3.63, 3.8) is 0 Å². The predicted molar refractivity (Wildman–Crippen MR) is 83.5 cm³/mol. The second kappa shape index (κ2) is 6.50. The van der Waals surface area contributed by atoms with Gasteiger partial charge in [0.15, 0.2) is 0 Å². The van der Waals surface area contributed by atoms with Gasteiger partial charge in [-0.25, -0.2) is 0 Å². The summed E-state index contributed by atoms with van der Waals surface area (Å²) in [4.78, 5) is 0. The molecule has 0 aliphatic heterocycles. The SMILES string of the molecule is NC(CCc1ccccc1)c1cc(Br)cc(Br)c1. The van der Waals surface area contributed by atoms with E-state index in [0.717, 1.165) is 27.4 Å². The number of rotatable bonds is 4. The molecule has 0 fully saturated rings. The maximum atomic E-state index is 6.24. The fourth-order valence-corrected chi connectivity index (χ4v) is 3.25. The molecule has 1 nitrogen and oxygen atoms in total. The molecule has 0 saturated carbocycles. The Labute approximate surface area is 125 Å². The lowest BCUT2D eigenvalue weighted by Crippen LogP contribution is -2.11. The van der Waals surface area contributed by atoms with Gasteiger partial charge >= 0.3 is 0 Å². The van der Waals surface area contributed by atoms with Gasteiger partial charge in [-0.2, -0.15) is 0 Å². The van der Waals surface area contributed by atoms with E-state index in [4.69, 9.17) is 5.73 Å². The van der Waals surface area contributed by atoms with Crippen molar-refractivity contribution in [2.75, 3.05) is 0 Å². The number of aryl methyl sites for hydroxylation is 1. The molecule has 1 unspecified atom stereocenters. The second-order valence-electron chi connectivity index (χ2n) is 4.33. The zero-order chi connectivity index (χ0) is 13.0. The monoisotopic (exact) mass is 367 g/mol. The molecule has 2 N–H and O–H groups in total. The first-order valence-corrected chi connectivity index (χ1v) is 7.49. The average Bonchev–Trinajstić information content (AvgIpc) is 2.36. The maximum Gasteiger partial charge on any atom is 0.0298 e. The van der Waals surface area contributed by atoms with Gasteiger partial charge in [0.2, 0.25) is 0 Å². The van der Waals surface area contributed by atoms with Gasteiger partial charge in [-0.3, -0.25) is 0 Å². The van der Waals surface area contributed by atoms with E-state index in [1.54, 1.807) is 0 Å². The van der Waals surface area contributed by atoms with Gasteiger partial charge in [0, 0.05) is 15.0 Å². The highest BCUT2D eigenvalue weighted by molar-refractivity contribution is 9.11. The molecule has 0 spiro atoms. The van der Waals surface area contributed by atoms with Gasteiger partial charge in [0.25, 0.3) is 0 Å². The van der Waals surface area contributed by atoms with E-state index in [1.165, 1.54) is 5.56 Å². The van der Waals surface area contributed by atoms with E-state index in [0.29, 0.717) is 0 Å². The zero-order valence-corrected chi connectivity index (χ0v) is 13.1. The first-order valence-electron chi connectivity index (χ1n) is 5.90. The smallest absolute Gasteiger partial charge is 0.0298 e. The molecule has 2 aromatic rings. The standard InChI is InChI=1S/C15H15Br2N/c16-13-8-12(9-14(17)10-13)15(18)7-6-11-4-2-1-3-5-11/h1-5,8-10,15H,6-7,18H2. The van der Waals surface area contributed by atoms with Gasteiger partial charge in [-0.05, 0) is 42.2 Å². The molecule has 0 radical (unpaired) electrons. The third-order valence-corrected chi connectivity index (χ3v) is 3.82. The molecule has 0 aromatic heterocycles. The number of nitrogens with two attached hydrogens (primary N) is 1. The Hall–Kier alpha value is -0.640. The van der Waals surface area contributed by atoms with Crippen LogP contribution in [0.3, 0.4) is 0 Å². The molecule has 1 atom stereocenters. The van der Waals surface area contributed by atoms with Gasteiger partial charge in [-0.15, -0.1) is 0 Å². The van der Waals surface area contributed by atoms with Gasteiger partial charge in [-0.1, -0.05) is 62.2 Å². The molecular weight excluding hydrogens is 354 g/mol. The summed E-state index contributed by atoms with van der Waals surface area (Å²) in [6, 6.07) is 16.7. The van der Waals surface area contributed by atoms with Crippen LogP contribution in [0.2, 0.25) is 0 Å². The van der Waals surface area contributed by atoms with Crippen molar-refractivity contribution in [3.05, 3.63) is 68.6 Å². The van der Waals surface area contributed by atoms with Gasteiger partial charge in [0.1, 0.15) is 0 Å². The summed E-state index contributed by atoms with van der Waals surface area (Å²) in [5, 5.41) is 0. The molecular formula is C15H15Br2N. The van der Waals surface area contributed by atoms with Crippen LogP contribution in [-0.2, 0) is 6.42 Å². The molecule has 0 saturated heterocycles. The normalized spacial score (nSPS) is 12.4. The zero-order valence-electron chi connectivity index (χ0n) is 9.94. The number of hydrogen-bond donors (Lipinski definition) is 1. The Morgan fingerprint density at radius 3 is 2.17 bits per heavy atom. The van der Waals surface area contributed by atoms with E-state index in [-0.39, 0.29) is 6.04 Å². The lowest BCUT2D eigenvalue weighted by atomic mass is 10.00. The highest BCUT2D eigenvalue weighted by Gasteiger charge is 2.08. The molecule has 2 rings (SSSR count). The van der Waals surface area contributed by atoms with Crippen molar-refractivity contribution in [2.24, 2.45) is 5.73 Å². The minimum atomic E-state index is 0.0685. The molecule has 2 aromatic carbocycles. The van der Waals surface area contributed by atoms with E-state index < -0.39 is 0 Å². The number of hydrogen-bond acceptors (Lipinski definition) is 1. The molecule has 0 aliphatic carbocycles. The van der Waals surface area contributed by atoms with Crippen molar-refractivity contribution < 1.29 is 0 Å². The second-order valence-corrected chi connectivity index (χ2v) is 6.16. The summed E-state index contributed by atoms with van der Waals surface area (Å²) < 4.78 is 2.11. The molecule has 0 heterocycles. The quantitative estimate of drug-likeness (QED) is 0.820. The maximum absolute atomic E-state index is 6.24. The number of halogens is 2. The van der Waals surface area contributed by atoms with Crippen LogP contribution < -0.4 is 5.73 Å². The Morgan fingerprint density at radius 2 is 1.56 bits per heavy atom.